The van der Waals surface area contributed by atoms with Crippen molar-refractivity contribution in [2.24, 2.45) is 0 Å². The van der Waals surface area contributed by atoms with Crippen LogP contribution in [0, 0.1) is 0 Å². The zero-order valence-corrected chi connectivity index (χ0v) is 15.1. The lowest BCUT2D eigenvalue weighted by Crippen LogP contribution is -2.45. The van der Waals surface area contributed by atoms with Gasteiger partial charge >= 0.3 is 0 Å². The lowest BCUT2D eigenvalue weighted by molar-refractivity contribution is 0.299. The molecule has 4 rings (SSSR count). The maximum Gasteiger partial charge on any atom is 0.119 e. The van der Waals surface area contributed by atoms with Gasteiger partial charge in [0.25, 0.3) is 0 Å². The molecule has 24 heavy (non-hydrogen) atoms. The van der Waals surface area contributed by atoms with Crippen molar-refractivity contribution in [3.05, 3.63) is 72.6 Å². The Morgan fingerprint density at radius 3 is 2.12 bits per heavy atom. The Labute approximate surface area is 152 Å². The highest BCUT2D eigenvalue weighted by Crippen LogP contribution is 2.42. The molecule has 1 atom stereocenters. The van der Waals surface area contributed by atoms with E-state index in [-0.39, 0.29) is 23.1 Å². The van der Waals surface area contributed by atoms with Gasteiger partial charge in [0, 0.05) is 31.1 Å². The Morgan fingerprint density at radius 1 is 0.833 bits per heavy atom. The molecule has 0 saturated carbocycles. The summed E-state index contributed by atoms with van der Waals surface area (Å²) in [6.07, 6.45) is 2.30. The van der Waals surface area contributed by atoms with Crippen LogP contribution in [-0.2, 0) is 0 Å². The van der Waals surface area contributed by atoms with E-state index < -0.39 is 0 Å². The molecule has 0 amide bonds. The molecule has 1 saturated heterocycles. The second kappa shape index (κ2) is 7.88. The Bertz CT molecular complexity index is 725. The lowest BCUT2D eigenvalue weighted by atomic mass is 10.3. The molecule has 0 aromatic heterocycles. The van der Waals surface area contributed by atoms with Gasteiger partial charge in [-0.25, -0.2) is 0 Å². The van der Waals surface area contributed by atoms with Crippen LogP contribution >= 0.6 is 23.1 Å². The maximum absolute atomic E-state index is 3.44. The molecule has 126 valence electrons. The molecule has 0 aliphatic carbocycles. The van der Waals surface area contributed by atoms with Gasteiger partial charge in [0.15, 0.2) is 0 Å². The lowest BCUT2D eigenvalue weighted by Gasteiger charge is -2.37. The summed E-state index contributed by atoms with van der Waals surface area (Å²) < 4.78 is 2.49. The highest BCUT2D eigenvalue weighted by Gasteiger charge is 2.26. The first-order chi connectivity index (χ1) is 11.4. The fraction of sp³-hybridized carbons (Fsp3) is 0.211. The van der Waals surface area contributed by atoms with Gasteiger partial charge < -0.3 is 10.2 Å². The summed E-state index contributed by atoms with van der Waals surface area (Å²) in [5.41, 5.74) is 1.26. The minimum absolute atomic E-state index is 0. The van der Waals surface area contributed by atoms with Crippen molar-refractivity contribution < 1.29 is 0 Å². The smallest absolute Gasteiger partial charge is 0.119 e. The SMILES string of the molecule is C1=C(N2CCNCC2)N(c2ccccc2)S(c2ccccc2)=C1.Cl. The van der Waals surface area contributed by atoms with E-state index >= 15 is 0 Å². The summed E-state index contributed by atoms with van der Waals surface area (Å²) in [7, 11) is -0.0575. The van der Waals surface area contributed by atoms with E-state index in [1.54, 1.807) is 0 Å². The van der Waals surface area contributed by atoms with Crippen molar-refractivity contribution in [3.63, 3.8) is 0 Å². The van der Waals surface area contributed by atoms with E-state index in [9.17, 15) is 0 Å². The molecule has 2 aromatic carbocycles. The van der Waals surface area contributed by atoms with Crippen LogP contribution in [0.5, 0.6) is 0 Å². The Hall–Kier alpha value is -1.75. The zero-order chi connectivity index (χ0) is 15.5. The maximum atomic E-state index is 3.44. The molecule has 2 aliphatic rings. The minimum Gasteiger partial charge on any atom is -0.355 e. The van der Waals surface area contributed by atoms with E-state index in [1.807, 2.05) is 0 Å². The topological polar surface area (TPSA) is 18.5 Å². The molecule has 5 heteroatoms. The first-order valence-corrected chi connectivity index (χ1v) is 9.32. The van der Waals surface area contributed by atoms with Crippen LogP contribution in [0.2, 0.25) is 0 Å². The Balaban J connectivity index is 0.00000169. The molecule has 2 heterocycles. The Kier molecular flexibility index (Phi) is 5.61. The van der Waals surface area contributed by atoms with Gasteiger partial charge in [-0.15, -0.1) is 12.4 Å². The third-order valence-electron chi connectivity index (χ3n) is 4.17. The second-order valence-electron chi connectivity index (χ2n) is 5.66. The van der Waals surface area contributed by atoms with Gasteiger partial charge in [0.2, 0.25) is 0 Å². The van der Waals surface area contributed by atoms with Crippen LogP contribution in [-0.4, -0.2) is 36.4 Å². The summed E-state index contributed by atoms with van der Waals surface area (Å²) in [5.74, 6) is 1.32. The first kappa shape index (κ1) is 17.1. The van der Waals surface area contributed by atoms with Gasteiger partial charge in [0.05, 0.1) is 5.69 Å². The standard InChI is InChI=1S/C19H21N3S.ClH/c1-3-7-17(8-4-1)22-19(21-14-12-20-13-15-21)11-16-23(22)18-9-5-2-6-10-18;/h1-11,16,20H,12-15H2;1H. The number of piperazine rings is 1. The molecule has 0 spiro atoms. The van der Waals surface area contributed by atoms with Gasteiger partial charge in [-0.05, 0) is 35.7 Å². The van der Waals surface area contributed by atoms with Crippen molar-refractivity contribution in [1.82, 2.24) is 10.2 Å². The third-order valence-corrected chi connectivity index (χ3v) is 6.11. The van der Waals surface area contributed by atoms with E-state index in [1.165, 1.54) is 16.4 Å². The van der Waals surface area contributed by atoms with Crippen molar-refractivity contribution >= 4 is 34.1 Å². The molecule has 0 radical (unpaired) electrons. The largest absolute Gasteiger partial charge is 0.355 e. The molecule has 3 nitrogen and oxygen atoms in total. The highest BCUT2D eigenvalue weighted by atomic mass is 35.5. The molecule has 1 fully saturated rings. The van der Waals surface area contributed by atoms with E-state index in [4.69, 9.17) is 0 Å². The predicted octanol–water partition coefficient (Wildman–Crippen LogP) is 3.72. The summed E-state index contributed by atoms with van der Waals surface area (Å²) >= 11 is 0. The van der Waals surface area contributed by atoms with Crippen molar-refractivity contribution in [2.45, 2.75) is 4.90 Å². The normalized spacial score (nSPS) is 20.2. The van der Waals surface area contributed by atoms with E-state index in [2.05, 4.69) is 86.6 Å². The van der Waals surface area contributed by atoms with Gasteiger partial charge in [-0.3, -0.25) is 4.31 Å². The summed E-state index contributed by atoms with van der Waals surface area (Å²) in [6, 6.07) is 21.5. The fourth-order valence-corrected chi connectivity index (χ4v) is 4.94. The average molecular weight is 360 g/mol. The van der Waals surface area contributed by atoms with Gasteiger partial charge in [-0.1, -0.05) is 47.1 Å². The number of halogens is 1. The summed E-state index contributed by atoms with van der Waals surface area (Å²) in [5, 5.41) is 5.79. The monoisotopic (exact) mass is 359 g/mol. The van der Waals surface area contributed by atoms with Crippen LogP contribution < -0.4 is 9.62 Å². The van der Waals surface area contributed by atoms with Crippen LogP contribution in [0.25, 0.3) is 0 Å². The number of anilines is 1. The molecule has 0 bridgehead atoms. The van der Waals surface area contributed by atoms with Crippen molar-refractivity contribution in [3.8, 4) is 0 Å². The number of benzene rings is 2. The first-order valence-electron chi connectivity index (χ1n) is 8.08. The van der Waals surface area contributed by atoms with Crippen LogP contribution in [0.3, 0.4) is 0 Å². The van der Waals surface area contributed by atoms with Crippen LogP contribution in [0.15, 0.2) is 77.5 Å². The van der Waals surface area contributed by atoms with Crippen molar-refractivity contribution in [2.75, 3.05) is 30.5 Å². The van der Waals surface area contributed by atoms with E-state index in [0.29, 0.717) is 0 Å². The number of rotatable bonds is 3. The number of nitrogens with zero attached hydrogens (tertiary/aromatic N) is 2. The second-order valence-corrected chi connectivity index (χ2v) is 7.39. The summed E-state index contributed by atoms with van der Waals surface area (Å²) in [6.45, 7) is 4.24. The quantitative estimate of drug-likeness (QED) is 0.842. The van der Waals surface area contributed by atoms with Crippen LogP contribution in [0.1, 0.15) is 0 Å². The number of allylic oxidation sites excluding steroid dienone is 1. The zero-order valence-electron chi connectivity index (χ0n) is 13.5. The molecular weight excluding hydrogens is 338 g/mol. The molecule has 2 aromatic rings. The fourth-order valence-electron chi connectivity index (χ4n) is 3.04. The Morgan fingerprint density at radius 2 is 1.46 bits per heavy atom. The minimum atomic E-state index is -0.0575. The number of hydrogen-bond donors (Lipinski definition) is 1. The predicted molar refractivity (Wildman–Crippen MR) is 107 cm³/mol. The van der Waals surface area contributed by atoms with Gasteiger partial charge in [0.1, 0.15) is 5.82 Å². The number of hydrogen-bond acceptors (Lipinski definition) is 3. The van der Waals surface area contributed by atoms with E-state index in [0.717, 1.165) is 26.2 Å². The van der Waals surface area contributed by atoms with Crippen LogP contribution in [0.4, 0.5) is 5.69 Å². The number of nitrogens with one attached hydrogen (secondary N) is 1. The van der Waals surface area contributed by atoms with Gasteiger partial charge in [-0.2, -0.15) is 0 Å². The molecule has 2 aliphatic heterocycles. The summed E-state index contributed by atoms with van der Waals surface area (Å²) in [4.78, 5) is 3.85. The number of para-hydroxylation sites is 1. The van der Waals surface area contributed by atoms with Crippen molar-refractivity contribution in [1.29, 1.82) is 0 Å². The highest BCUT2D eigenvalue weighted by molar-refractivity contribution is 8.16. The molecule has 1 unspecified atom stereocenters. The third kappa shape index (κ3) is 3.36. The average Bonchev–Trinajstić information content (AvgIpc) is 3.09. The molecule has 1 N–H and O–H groups in total. The molecular formula is C19H22ClN3S.